The third kappa shape index (κ3) is 4.40. The van der Waals surface area contributed by atoms with Gasteiger partial charge in [0, 0.05) is 43.7 Å². The molecule has 53 heavy (non-hydrogen) atoms. The molecule has 3 nitrogen and oxygen atoms in total. The van der Waals surface area contributed by atoms with Crippen LogP contribution in [0.5, 0.6) is 0 Å². The third-order valence-electron chi connectivity index (χ3n) is 12.4. The van der Waals surface area contributed by atoms with Gasteiger partial charge in [-0.1, -0.05) is 100 Å². The molecule has 1 aliphatic carbocycles. The smallest absolute Gasteiger partial charge is 0.135 e. The topological polar surface area (TPSA) is 23.0 Å². The Morgan fingerprint density at radius 3 is 1.72 bits per heavy atom. The van der Waals surface area contributed by atoms with Crippen molar-refractivity contribution in [3.8, 4) is 22.5 Å². The highest BCUT2D eigenvalue weighted by molar-refractivity contribution is 6.19. The van der Waals surface area contributed by atoms with E-state index in [0.29, 0.717) is 0 Å². The van der Waals surface area contributed by atoms with Crippen molar-refractivity contribution in [3.05, 3.63) is 157 Å². The Morgan fingerprint density at radius 2 is 0.943 bits per heavy atom. The zero-order valence-electron chi connectivity index (χ0n) is 30.6. The predicted octanol–water partition coefficient (Wildman–Crippen LogP) is 13.8. The van der Waals surface area contributed by atoms with Crippen LogP contribution < -0.4 is 0 Å². The van der Waals surface area contributed by atoms with Crippen molar-refractivity contribution in [2.24, 2.45) is 0 Å². The summed E-state index contributed by atoms with van der Waals surface area (Å²) in [5.41, 5.74) is 14.7. The van der Waals surface area contributed by atoms with Gasteiger partial charge in [-0.2, -0.15) is 0 Å². The highest BCUT2D eigenvalue weighted by Crippen LogP contribution is 2.49. The summed E-state index contributed by atoms with van der Waals surface area (Å²) in [6.07, 6.45) is 2.37. The number of nitrogens with zero attached hydrogens (tertiary/aromatic N) is 2. The number of rotatable bonds is 3. The summed E-state index contributed by atoms with van der Waals surface area (Å²) in [7, 11) is 0. The Labute approximate surface area is 308 Å². The molecule has 11 rings (SSSR count). The van der Waals surface area contributed by atoms with Crippen molar-refractivity contribution in [3.63, 3.8) is 0 Å². The van der Waals surface area contributed by atoms with Crippen molar-refractivity contribution < 1.29 is 4.42 Å². The minimum absolute atomic E-state index is 0.102. The molecule has 0 N–H and O–H groups in total. The molecule has 0 saturated heterocycles. The zero-order valence-corrected chi connectivity index (χ0v) is 30.6. The number of aromatic nitrogens is 2. The van der Waals surface area contributed by atoms with E-state index >= 15 is 0 Å². The number of fused-ring (bicyclic) bond motifs is 10. The Balaban J connectivity index is 1.19. The monoisotopic (exact) mass is 684 g/mol. The van der Waals surface area contributed by atoms with Crippen LogP contribution in [-0.2, 0) is 10.8 Å². The van der Waals surface area contributed by atoms with Gasteiger partial charge >= 0.3 is 0 Å². The second-order valence-electron chi connectivity index (χ2n) is 16.4. The summed E-state index contributed by atoms with van der Waals surface area (Å²) < 4.78 is 11.1. The molecule has 0 fully saturated rings. The van der Waals surface area contributed by atoms with E-state index in [2.05, 4.69) is 170 Å². The van der Waals surface area contributed by atoms with Gasteiger partial charge in [-0.25, -0.2) is 0 Å². The summed E-state index contributed by atoms with van der Waals surface area (Å²) in [6.45, 7) is 9.72. The minimum Gasteiger partial charge on any atom is -0.456 e. The van der Waals surface area contributed by atoms with E-state index in [-0.39, 0.29) is 10.8 Å². The van der Waals surface area contributed by atoms with Gasteiger partial charge in [-0.15, -0.1) is 0 Å². The number of para-hydroxylation sites is 3. The van der Waals surface area contributed by atoms with Crippen LogP contribution in [0.4, 0.5) is 0 Å². The molecule has 0 atom stereocenters. The normalized spacial score (nSPS) is 15.3. The lowest BCUT2D eigenvalue weighted by molar-refractivity contribution is 0.332. The number of hydrogen-bond donors (Lipinski definition) is 0. The van der Waals surface area contributed by atoms with Gasteiger partial charge in [0.15, 0.2) is 0 Å². The van der Waals surface area contributed by atoms with Crippen LogP contribution in [0.15, 0.2) is 150 Å². The average Bonchev–Trinajstić information content (AvgIpc) is 3.82. The first-order valence-electron chi connectivity index (χ1n) is 18.9. The Hall–Kier alpha value is -6.06. The van der Waals surface area contributed by atoms with Gasteiger partial charge in [0.1, 0.15) is 11.2 Å². The Bertz CT molecular complexity index is 3090. The van der Waals surface area contributed by atoms with Crippen molar-refractivity contribution in [2.45, 2.75) is 51.4 Å². The zero-order chi connectivity index (χ0) is 35.6. The highest BCUT2D eigenvalue weighted by atomic mass is 16.3. The molecule has 0 unspecified atom stereocenters. The molecule has 10 aromatic rings. The molecule has 3 heteroatoms. The second-order valence-corrected chi connectivity index (χ2v) is 16.4. The van der Waals surface area contributed by atoms with Crippen molar-refractivity contribution in [1.29, 1.82) is 0 Å². The van der Waals surface area contributed by atoms with Crippen molar-refractivity contribution >= 4 is 65.6 Å². The number of furan rings is 1. The first-order chi connectivity index (χ1) is 25.7. The van der Waals surface area contributed by atoms with Gasteiger partial charge in [0.05, 0.1) is 22.1 Å². The fourth-order valence-electron chi connectivity index (χ4n) is 9.38. The average molecular weight is 685 g/mol. The quantitative estimate of drug-likeness (QED) is 0.182. The van der Waals surface area contributed by atoms with E-state index in [9.17, 15) is 0 Å². The van der Waals surface area contributed by atoms with Gasteiger partial charge in [-0.05, 0) is 119 Å². The predicted molar refractivity (Wildman–Crippen MR) is 223 cm³/mol. The SMILES string of the molecule is CC1(C)CCC(C)(C)c2cc3c(cc21)c1cc2c4ccccc4n(-c4ccccc4)c2cc1n3-c1ccc(-c2ccc3oc4ccccc4c3c2)cc1. The van der Waals surface area contributed by atoms with Crippen LogP contribution in [0.3, 0.4) is 0 Å². The fraction of sp³-hybridized carbons (Fsp3) is 0.160. The summed E-state index contributed by atoms with van der Waals surface area (Å²) in [5, 5.41) is 7.49. The third-order valence-corrected chi connectivity index (χ3v) is 12.4. The van der Waals surface area contributed by atoms with Gasteiger partial charge < -0.3 is 13.6 Å². The maximum atomic E-state index is 6.14. The minimum atomic E-state index is 0.102. The van der Waals surface area contributed by atoms with E-state index in [1.165, 1.54) is 84.4 Å². The molecule has 0 bridgehead atoms. The molecule has 0 radical (unpaired) electrons. The van der Waals surface area contributed by atoms with Crippen LogP contribution in [0.1, 0.15) is 51.7 Å². The van der Waals surface area contributed by atoms with E-state index in [1.807, 2.05) is 12.1 Å². The van der Waals surface area contributed by atoms with E-state index < -0.39 is 0 Å². The van der Waals surface area contributed by atoms with Gasteiger partial charge in [0.2, 0.25) is 0 Å². The van der Waals surface area contributed by atoms with Crippen molar-refractivity contribution in [1.82, 2.24) is 9.13 Å². The maximum Gasteiger partial charge on any atom is 0.135 e. The molecular weight excluding hydrogens is 645 g/mol. The molecule has 3 aromatic heterocycles. The van der Waals surface area contributed by atoms with Crippen LogP contribution >= 0.6 is 0 Å². The maximum absolute atomic E-state index is 6.14. The molecule has 1 aliphatic rings. The van der Waals surface area contributed by atoms with E-state index in [0.717, 1.165) is 27.6 Å². The molecule has 3 heterocycles. The summed E-state index contributed by atoms with van der Waals surface area (Å²) in [5.74, 6) is 0. The lowest BCUT2D eigenvalue weighted by Crippen LogP contribution is -2.33. The summed E-state index contributed by atoms with van der Waals surface area (Å²) in [4.78, 5) is 0. The second kappa shape index (κ2) is 10.7. The Morgan fingerprint density at radius 1 is 0.396 bits per heavy atom. The molecule has 256 valence electrons. The van der Waals surface area contributed by atoms with Crippen LogP contribution in [-0.4, -0.2) is 9.13 Å². The highest BCUT2D eigenvalue weighted by Gasteiger charge is 2.38. The molecular formula is C50H40N2O. The largest absolute Gasteiger partial charge is 0.456 e. The van der Waals surface area contributed by atoms with Crippen LogP contribution in [0, 0.1) is 0 Å². The molecule has 0 spiro atoms. The first-order valence-corrected chi connectivity index (χ1v) is 18.9. The van der Waals surface area contributed by atoms with Crippen LogP contribution in [0.2, 0.25) is 0 Å². The Kier molecular flexibility index (Phi) is 6.19. The molecule has 0 amide bonds. The summed E-state index contributed by atoms with van der Waals surface area (Å²) in [6, 6.07) is 53.6. The van der Waals surface area contributed by atoms with Gasteiger partial charge in [0.25, 0.3) is 0 Å². The summed E-state index contributed by atoms with van der Waals surface area (Å²) >= 11 is 0. The lowest BCUT2D eigenvalue weighted by Gasteiger charge is -2.42. The molecule has 7 aromatic carbocycles. The fourth-order valence-corrected chi connectivity index (χ4v) is 9.38. The van der Waals surface area contributed by atoms with Crippen molar-refractivity contribution in [2.75, 3.05) is 0 Å². The van der Waals surface area contributed by atoms with Crippen LogP contribution in [0.25, 0.3) is 88.1 Å². The van der Waals surface area contributed by atoms with E-state index in [4.69, 9.17) is 4.42 Å². The van der Waals surface area contributed by atoms with E-state index in [1.54, 1.807) is 0 Å². The number of benzene rings is 7. The molecule has 0 aliphatic heterocycles. The van der Waals surface area contributed by atoms with Gasteiger partial charge in [-0.3, -0.25) is 0 Å². The standard InChI is InChI=1S/C50H40N2O/c1-49(2)24-25-50(3,4)42-29-44-39(28-41(42)49)38-27-37-35-14-8-10-16-43(35)51(33-12-6-5-7-13-33)45(37)30-46(38)52(44)34-21-18-31(19-22-34)32-20-23-48-40(26-32)36-15-9-11-17-47(36)53-48/h5-23,26-30H,24-25H2,1-4H3. The lowest BCUT2D eigenvalue weighted by atomic mass is 9.63. The number of hydrogen-bond acceptors (Lipinski definition) is 1. The molecule has 0 saturated carbocycles. The first kappa shape index (κ1) is 30.6.